The molecule has 1 fully saturated rings. The van der Waals surface area contributed by atoms with E-state index in [0.717, 1.165) is 13.1 Å². The molecule has 0 atom stereocenters. The zero-order valence-electron chi connectivity index (χ0n) is 14.1. The first kappa shape index (κ1) is 18.0. The van der Waals surface area contributed by atoms with Crippen molar-refractivity contribution in [3.8, 4) is 0 Å². The Morgan fingerprint density at radius 3 is 1.60 bits per heavy atom. The summed E-state index contributed by atoms with van der Waals surface area (Å²) in [6, 6.07) is 0. The molecule has 0 heterocycles. The smallest absolute Gasteiger partial charge is 0.0331 e. The summed E-state index contributed by atoms with van der Waals surface area (Å²) in [4.78, 5) is 2.69. The van der Waals surface area contributed by atoms with Crippen molar-refractivity contribution in [1.29, 1.82) is 0 Å². The average molecular weight is 283 g/mol. The molecule has 1 rings (SSSR count). The summed E-state index contributed by atoms with van der Waals surface area (Å²) in [6.45, 7) is 7.82. The Balaban J connectivity index is 2.68. The third kappa shape index (κ3) is 5.73. The zero-order valence-corrected chi connectivity index (χ0v) is 14.1. The minimum atomic E-state index is 0.296. The average Bonchev–Trinajstić information content (AvgIpc) is 2.46. The molecule has 0 aromatic carbocycles. The van der Waals surface area contributed by atoms with E-state index < -0.39 is 0 Å². The van der Waals surface area contributed by atoms with Crippen LogP contribution in [0.5, 0.6) is 0 Å². The molecule has 2 N–H and O–H groups in total. The van der Waals surface area contributed by atoms with E-state index in [1.807, 2.05) is 0 Å². The lowest BCUT2D eigenvalue weighted by molar-refractivity contribution is 0.0754. The number of nitrogens with zero attached hydrogens (tertiary/aromatic N) is 1. The fourth-order valence-electron chi connectivity index (χ4n) is 3.92. The molecule has 1 aliphatic carbocycles. The molecule has 1 saturated carbocycles. The van der Waals surface area contributed by atoms with Crippen LogP contribution < -0.4 is 5.73 Å². The highest BCUT2D eigenvalue weighted by Gasteiger charge is 2.33. The molecule has 1 aliphatic rings. The summed E-state index contributed by atoms with van der Waals surface area (Å²) in [5.74, 6) is 0. The van der Waals surface area contributed by atoms with Crippen LogP contribution in [-0.2, 0) is 0 Å². The van der Waals surface area contributed by atoms with Gasteiger partial charge in [-0.15, -0.1) is 0 Å². The Kier molecular flexibility index (Phi) is 9.54. The SMILES string of the molecule is CCCN(CC)C1(CN)CCCCCCCCCCC1. The van der Waals surface area contributed by atoms with Gasteiger partial charge in [-0.3, -0.25) is 4.90 Å². The van der Waals surface area contributed by atoms with Crippen LogP contribution in [-0.4, -0.2) is 30.1 Å². The quantitative estimate of drug-likeness (QED) is 0.790. The van der Waals surface area contributed by atoms with Crippen LogP contribution in [0.3, 0.4) is 0 Å². The standard InChI is InChI=1S/C18H38N2/c1-3-16-20(4-2)18(17-19)14-12-10-8-6-5-7-9-11-13-15-18/h3-17,19H2,1-2H3. The topological polar surface area (TPSA) is 29.3 Å². The van der Waals surface area contributed by atoms with Crippen molar-refractivity contribution in [2.75, 3.05) is 19.6 Å². The monoisotopic (exact) mass is 282 g/mol. The number of hydrogen-bond donors (Lipinski definition) is 1. The van der Waals surface area contributed by atoms with Crippen LogP contribution in [0.2, 0.25) is 0 Å². The van der Waals surface area contributed by atoms with E-state index in [9.17, 15) is 0 Å². The Bertz CT molecular complexity index is 215. The third-order valence-electron chi connectivity index (χ3n) is 5.21. The largest absolute Gasteiger partial charge is 0.329 e. The van der Waals surface area contributed by atoms with Crippen molar-refractivity contribution in [3.05, 3.63) is 0 Å². The molecule has 120 valence electrons. The zero-order chi connectivity index (χ0) is 14.7. The van der Waals surface area contributed by atoms with Gasteiger partial charge in [-0.1, -0.05) is 71.6 Å². The van der Waals surface area contributed by atoms with Crippen molar-refractivity contribution < 1.29 is 0 Å². The molecule has 0 bridgehead atoms. The minimum Gasteiger partial charge on any atom is -0.329 e. The van der Waals surface area contributed by atoms with Gasteiger partial charge >= 0.3 is 0 Å². The first-order chi connectivity index (χ1) is 9.79. The molecule has 0 spiro atoms. The Morgan fingerprint density at radius 2 is 1.25 bits per heavy atom. The lowest BCUT2D eigenvalue weighted by Gasteiger charge is -2.44. The predicted molar refractivity (Wildman–Crippen MR) is 90.1 cm³/mol. The van der Waals surface area contributed by atoms with E-state index in [0.29, 0.717) is 5.54 Å². The maximum Gasteiger partial charge on any atom is 0.0331 e. The number of nitrogens with two attached hydrogens (primary N) is 1. The van der Waals surface area contributed by atoms with Gasteiger partial charge in [0.05, 0.1) is 0 Å². The normalized spacial score (nSPS) is 22.2. The van der Waals surface area contributed by atoms with Gasteiger partial charge in [0, 0.05) is 12.1 Å². The first-order valence-corrected chi connectivity index (χ1v) is 9.24. The van der Waals surface area contributed by atoms with Gasteiger partial charge in [0.2, 0.25) is 0 Å². The maximum atomic E-state index is 6.28. The molecule has 0 amide bonds. The lowest BCUT2D eigenvalue weighted by Crippen LogP contribution is -2.54. The van der Waals surface area contributed by atoms with E-state index in [-0.39, 0.29) is 0 Å². The van der Waals surface area contributed by atoms with Crippen LogP contribution in [0.4, 0.5) is 0 Å². The molecular weight excluding hydrogens is 244 g/mol. The van der Waals surface area contributed by atoms with Gasteiger partial charge in [-0.05, 0) is 32.4 Å². The highest BCUT2D eigenvalue weighted by Crippen LogP contribution is 2.30. The Labute approximate surface area is 127 Å². The van der Waals surface area contributed by atoms with E-state index >= 15 is 0 Å². The molecule has 0 aromatic rings. The molecule has 0 radical (unpaired) electrons. The summed E-state index contributed by atoms with van der Waals surface area (Å²) in [6.07, 6.45) is 16.7. The van der Waals surface area contributed by atoms with Crippen molar-refractivity contribution in [2.24, 2.45) is 5.73 Å². The van der Waals surface area contributed by atoms with Gasteiger partial charge in [-0.25, -0.2) is 0 Å². The number of hydrogen-bond acceptors (Lipinski definition) is 2. The summed E-state index contributed by atoms with van der Waals surface area (Å²) in [5, 5.41) is 0. The van der Waals surface area contributed by atoms with Crippen molar-refractivity contribution in [1.82, 2.24) is 4.90 Å². The summed E-state index contributed by atoms with van der Waals surface area (Å²) in [5.41, 5.74) is 6.58. The minimum absolute atomic E-state index is 0.296. The van der Waals surface area contributed by atoms with Gasteiger partial charge < -0.3 is 5.73 Å². The second kappa shape index (κ2) is 10.6. The van der Waals surface area contributed by atoms with E-state index in [1.165, 1.54) is 83.6 Å². The van der Waals surface area contributed by atoms with Crippen LogP contribution in [0.25, 0.3) is 0 Å². The molecule has 2 nitrogen and oxygen atoms in total. The molecule has 2 heteroatoms. The van der Waals surface area contributed by atoms with E-state index in [4.69, 9.17) is 5.73 Å². The van der Waals surface area contributed by atoms with Crippen LogP contribution >= 0.6 is 0 Å². The molecule has 0 unspecified atom stereocenters. The maximum absolute atomic E-state index is 6.28. The van der Waals surface area contributed by atoms with Crippen LogP contribution in [0, 0.1) is 0 Å². The van der Waals surface area contributed by atoms with Crippen molar-refractivity contribution >= 4 is 0 Å². The van der Waals surface area contributed by atoms with Crippen molar-refractivity contribution in [2.45, 2.75) is 96.4 Å². The Morgan fingerprint density at radius 1 is 0.800 bits per heavy atom. The summed E-state index contributed by atoms with van der Waals surface area (Å²) < 4.78 is 0. The Hall–Kier alpha value is -0.0800. The molecular formula is C18H38N2. The fourth-order valence-corrected chi connectivity index (χ4v) is 3.92. The van der Waals surface area contributed by atoms with Crippen LogP contribution in [0.15, 0.2) is 0 Å². The third-order valence-corrected chi connectivity index (χ3v) is 5.21. The first-order valence-electron chi connectivity index (χ1n) is 9.24. The van der Waals surface area contributed by atoms with E-state index in [2.05, 4.69) is 18.7 Å². The van der Waals surface area contributed by atoms with Gasteiger partial charge in [0.15, 0.2) is 0 Å². The molecule has 20 heavy (non-hydrogen) atoms. The summed E-state index contributed by atoms with van der Waals surface area (Å²) >= 11 is 0. The lowest BCUT2D eigenvalue weighted by atomic mass is 9.83. The van der Waals surface area contributed by atoms with Gasteiger partial charge in [-0.2, -0.15) is 0 Å². The number of rotatable bonds is 5. The highest BCUT2D eigenvalue weighted by atomic mass is 15.2. The van der Waals surface area contributed by atoms with Crippen LogP contribution in [0.1, 0.15) is 90.9 Å². The number of likely N-dealkylation sites (N-methyl/N-ethyl adjacent to an activating group) is 1. The van der Waals surface area contributed by atoms with Gasteiger partial charge in [0.1, 0.15) is 0 Å². The second-order valence-electron chi connectivity index (χ2n) is 6.69. The molecule has 0 saturated heterocycles. The summed E-state index contributed by atoms with van der Waals surface area (Å²) in [7, 11) is 0. The van der Waals surface area contributed by atoms with E-state index in [1.54, 1.807) is 0 Å². The predicted octanol–water partition coefficient (Wildman–Crippen LogP) is 4.72. The van der Waals surface area contributed by atoms with Crippen molar-refractivity contribution in [3.63, 3.8) is 0 Å². The highest BCUT2D eigenvalue weighted by molar-refractivity contribution is 4.91. The molecule has 0 aromatic heterocycles. The van der Waals surface area contributed by atoms with Gasteiger partial charge in [0.25, 0.3) is 0 Å². The molecule has 0 aliphatic heterocycles. The fraction of sp³-hybridized carbons (Fsp3) is 1.00. The second-order valence-corrected chi connectivity index (χ2v) is 6.69.